The van der Waals surface area contributed by atoms with Crippen molar-refractivity contribution in [3.05, 3.63) is 30.6 Å². The van der Waals surface area contributed by atoms with E-state index >= 15 is 0 Å². The van der Waals surface area contributed by atoms with Crippen molar-refractivity contribution in [2.24, 2.45) is 0 Å². The van der Waals surface area contributed by atoms with Crippen molar-refractivity contribution >= 4 is 16.7 Å². The number of methoxy groups -OCH3 is 1. The Morgan fingerprint density at radius 3 is 2.89 bits per heavy atom. The highest BCUT2D eigenvalue weighted by Crippen LogP contribution is 2.22. The Bertz CT molecular complexity index is 574. The van der Waals surface area contributed by atoms with Gasteiger partial charge in [0.05, 0.1) is 24.6 Å². The molecule has 0 aliphatic heterocycles. The van der Waals surface area contributed by atoms with Crippen molar-refractivity contribution < 1.29 is 4.74 Å². The van der Waals surface area contributed by atoms with E-state index < -0.39 is 0 Å². The van der Waals surface area contributed by atoms with Gasteiger partial charge in [0.15, 0.2) is 0 Å². The first-order valence-corrected chi connectivity index (χ1v) is 6.17. The van der Waals surface area contributed by atoms with Crippen LogP contribution in [-0.2, 0) is 4.74 Å². The molecule has 19 heavy (non-hydrogen) atoms. The number of para-hydroxylation sites is 1. The molecule has 0 atom stereocenters. The van der Waals surface area contributed by atoms with Crippen LogP contribution in [0.2, 0.25) is 0 Å². The molecule has 0 unspecified atom stereocenters. The molecule has 0 spiro atoms. The average Bonchev–Trinajstić information content (AvgIpc) is 2.47. The van der Waals surface area contributed by atoms with Crippen LogP contribution in [0.15, 0.2) is 30.6 Å². The number of ether oxygens (including phenoxy) is 1. The van der Waals surface area contributed by atoms with Crippen molar-refractivity contribution in [2.45, 2.75) is 6.42 Å². The molecule has 98 valence electrons. The van der Waals surface area contributed by atoms with Crippen LogP contribution in [0.1, 0.15) is 6.42 Å². The van der Waals surface area contributed by atoms with Gasteiger partial charge in [0.25, 0.3) is 0 Å². The van der Waals surface area contributed by atoms with E-state index in [4.69, 9.17) is 10.00 Å². The van der Waals surface area contributed by atoms with Gasteiger partial charge in [0.2, 0.25) is 0 Å². The van der Waals surface area contributed by atoms with Crippen molar-refractivity contribution in [1.82, 2.24) is 9.97 Å². The maximum absolute atomic E-state index is 8.76. The van der Waals surface area contributed by atoms with Crippen LogP contribution in [0.4, 0.5) is 5.82 Å². The Kier molecular flexibility index (Phi) is 4.65. The first kappa shape index (κ1) is 13.2. The molecule has 0 radical (unpaired) electrons. The van der Waals surface area contributed by atoms with Gasteiger partial charge in [-0.05, 0) is 12.1 Å². The summed E-state index contributed by atoms with van der Waals surface area (Å²) in [7, 11) is 1.67. The predicted octanol–water partition coefficient (Wildman–Crippen LogP) is 2.00. The number of fused-ring (bicyclic) bond motifs is 1. The molecular weight excluding hydrogens is 240 g/mol. The zero-order valence-corrected chi connectivity index (χ0v) is 10.9. The monoisotopic (exact) mass is 256 g/mol. The molecule has 5 nitrogen and oxygen atoms in total. The number of hydrogen-bond acceptors (Lipinski definition) is 5. The molecule has 5 heteroatoms. The molecule has 0 amide bonds. The van der Waals surface area contributed by atoms with Crippen molar-refractivity contribution in [1.29, 1.82) is 5.26 Å². The third-order valence-corrected chi connectivity index (χ3v) is 2.88. The number of rotatable bonds is 6. The second-order valence-corrected chi connectivity index (χ2v) is 4.10. The molecule has 0 bridgehead atoms. The molecule has 2 rings (SSSR count). The van der Waals surface area contributed by atoms with Crippen molar-refractivity contribution in [3.63, 3.8) is 0 Å². The summed E-state index contributed by atoms with van der Waals surface area (Å²) in [6.45, 7) is 1.95. The Morgan fingerprint density at radius 2 is 2.11 bits per heavy atom. The van der Waals surface area contributed by atoms with E-state index in [1.807, 2.05) is 24.3 Å². The highest BCUT2D eigenvalue weighted by Gasteiger charge is 2.11. The first-order valence-electron chi connectivity index (χ1n) is 6.17. The maximum Gasteiger partial charge on any atom is 0.139 e. The lowest BCUT2D eigenvalue weighted by molar-refractivity contribution is 0.205. The summed E-state index contributed by atoms with van der Waals surface area (Å²) in [5.74, 6) is 0.859. The third kappa shape index (κ3) is 3.18. The van der Waals surface area contributed by atoms with E-state index in [1.165, 1.54) is 0 Å². The molecular formula is C14H16N4O. The van der Waals surface area contributed by atoms with E-state index in [2.05, 4.69) is 20.9 Å². The Labute approximate surface area is 112 Å². The van der Waals surface area contributed by atoms with Gasteiger partial charge in [-0.2, -0.15) is 5.26 Å². The number of aromatic nitrogens is 2. The number of nitriles is 1. The highest BCUT2D eigenvalue weighted by molar-refractivity contribution is 5.89. The smallest absolute Gasteiger partial charge is 0.139 e. The number of benzene rings is 1. The summed E-state index contributed by atoms with van der Waals surface area (Å²) < 4.78 is 5.12. The Morgan fingerprint density at radius 1 is 1.26 bits per heavy atom. The van der Waals surface area contributed by atoms with Crippen molar-refractivity contribution in [3.8, 4) is 6.07 Å². The summed E-state index contributed by atoms with van der Waals surface area (Å²) >= 11 is 0. The summed E-state index contributed by atoms with van der Waals surface area (Å²) in [5, 5.41) is 9.76. The fourth-order valence-corrected chi connectivity index (χ4v) is 1.95. The minimum Gasteiger partial charge on any atom is -0.383 e. The minimum atomic E-state index is 0.460. The molecule has 0 fully saturated rings. The normalized spacial score (nSPS) is 10.3. The lowest BCUT2D eigenvalue weighted by Crippen LogP contribution is -2.29. The van der Waals surface area contributed by atoms with E-state index in [0.717, 1.165) is 16.7 Å². The van der Waals surface area contributed by atoms with E-state index in [-0.39, 0.29) is 0 Å². The topological polar surface area (TPSA) is 62.0 Å². The lowest BCUT2D eigenvalue weighted by Gasteiger charge is -2.23. The van der Waals surface area contributed by atoms with Crippen LogP contribution in [0.5, 0.6) is 0 Å². The average molecular weight is 256 g/mol. The second-order valence-electron chi connectivity index (χ2n) is 4.10. The number of nitrogens with zero attached hydrogens (tertiary/aromatic N) is 4. The van der Waals surface area contributed by atoms with Gasteiger partial charge in [-0.1, -0.05) is 12.1 Å². The van der Waals surface area contributed by atoms with Gasteiger partial charge in [-0.15, -0.1) is 0 Å². The summed E-state index contributed by atoms with van der Waals surface area (Å²) in [6, 6.07) is 10.0. The minimum absolute atomic E-state index is 0.460. The molecule has 1 aromatic heterocycles. The third-order valence-electron chi connectivity index (χ3n) is 2.88. The molecule has 1 aromatic carbocycles. The van der Waals surface area contributed by atoms with E-state index in [0.29, 0.717) is 26.1 Å². The van der Waals surface area contributed by atoms with Crippen LogP contribution in [0.3, 0.4) is 0 Å². The SMILES string of the molecule is COCCN(CCC#N)c1ncnc2ccccc12. The second kappa shape index (κ2) is 6.66. The number of anilines is 1. The van der Waals surface area contributed by atoms with E-state index in [1.54, 1.807) is 13.4 Å². The first-order chi connectivity index (χ1) is 9.36. The molecule has 0 aliphatic carbocycles. The summed E-state index contributed by atoms with van der Waals surface area (Å²) in [6.07, 6.45) is 2.02. The molecule has 0 saturated heterocycles. The summed E-state index contributed by atoms with van der Waals surface area (Å²) in [5.41, 5.74) is 0.909. The molecule has 0 aliphatic rings. The lowest BCUT2D eigenvalue weighted by atomic mass is 10.2. The molecule has 1 heterocycles. The zero-order valence-electron chi connectivity index (χ0n) is 10.9. The zero-order chi connectivity index (χ0) is 13.5. The molecule has 0 saturated carbocycles. The number of hydrogen-bond donors (Lipinski definition) is 0. The van der Waals surface area contributed by atoms with Gasteiger partial charge < -0.3 is 9.64 Å². The van der Waals surface area contributed by atoms with Crippen LogP contribution in [-0.4, -0.2) is 36.8 Å². The fourth-order valence-electron chi connectivity index (χ4n) is 1.95. The Balaban J connectivity index is 2.34. The van der Waals surface area contributed by atoms with Crippen LogP contribution >= 0.6 is 0 Å². The van der Waals surface area contributed by atoms with Gasteiger partial charge in [-0.3, -0.25) is 0 Å². The van der Waals surface area contributed by atoms with Crippen LogP contribution in [0, 0.1) is 11.3 Å². The molecule has 2 aromatic rings. The predicted molar refractivity (Wildman–Crippen MR) is 73.9 cm³/mol. The van der Waals surface area contributed by atoms with Gasteiger partial charge in [0, 0.05) is 25.6 Å². The standard InChI is InChI=1S/C14H16N4O/c1-19-10-9-18(8-4-7-15)14-12-5-2-3-6-13(12)16-11-17-14/h2-3,5-6,11H,4,8-10H2,1H3. The molecule has 0 N–H and O–H groups in total. The summed E-state index contributed by atoms with van der Waals surface area (Å²) in [4.78, 5) is 10.7. The van der Waals surface area contributed by atoms with E-state index in [9.17, 15) is 0 Å². The maximum atomic E-state index is 8.76. The fraction of sp³-hybridized carbons (Fsp3) is 0.357. The highest BCUT2D eigenvalue weighted by atomic mass is 16.5. The van der Waals surface area contributed by atoms with Crippen molar-refractivity contribution in [2.75, 3.05) is 31.7 Å². The largest absolute Gasteiger partial charge is 0.383 e. The van der Waals surface area contributed by atoms with Gasteiger partial charge in [0.1, 0.15) is 12.1 Å². The van der Waals surface area contributed by atoms with Gasteiger partial charge >= 0.3 is 0 Å². The van der Waals surface area contributed by atoms with Gasteiger partial charge in [-0.25, -0.2) is 9.97 Å². The van der Waals surface area contributed by atoms with Crippen LogP contribution in [0.25, 0.3) is 10.9 Å². The quantitative estimate of drug-likeness (QED) is 0.791. The van der Waals surface area contributed by atoms with Crippen LogP contribution < -0.4 is 4.90 Å². The Hall–Kier alpha value is -2.19.